The number of ether oxygens (including phenoxy) is 1. The molecular weight excluding hydrogens is 520 g/mol. The highest BCUT2D eigenvalue weighted by Crippen LogP contribution is 2.37. The molecule has 1 aliphatic carbocycles. The summed E-state index contributed by atoms with van der Waals surface area (Å²) in [5.41, 5.74) is 2.40. The van der Waals surface area contributed by atoms with Crippen molar-refractivity contribution >= 4 is 48.1 Å². The molecule has 9 nitrogen and oxygen atoms in total. The number of morpholine rings is 1. The van der Waals surface area contributed by atoms with Crippen LogP contribution >= 0.6 is 11.3 Å². The van der Waals surface area contributed by atoms with Gasteiger partial charge >= 0.3 is 0 Å². The molecule has 0 radical (unpaired) electrons. The second-order valence-corrected chi connectivity index (χ2v) is 13.8. The predicted molar refractivity (Wildman–Crippen MR) is 151 cm³/mol. The van der Waals surface area contributed by atoms with E-state index in [0.717, 1.165) is 84.4 Å². The van der Waals surface area contributed by atoms with Crippen LogP contribution in [-0.4, -0.2) is 97.9 Å². The van der Waals surface area contributed by atoms with E-state index in [2.05, 4.69) is 25.8 Å². The highest BCUT2D eigenvalue weighted by atomic mass is 32.2. The molecular formula is C27H32N6O3S2. The summed E-state index contributed by atoms with van der Waals surface area (Å²) < 4.78 is 31.7. The number of thiophene rings is 1. The van der Waals surface area contributed by atoms with E-state index < -0.39 is 9.84 Å². The number of nitrogens with one attached hydrogen (secondary N) is 1. The molecule has 3 fully saturated rings. The van der Waals surface area contributed by atoms with Gasteiger partial charge in [0, 0.05) is 85.7 Å². The highest BCUT2D eigenvalue weighted by molar-refractivity contribution is 7.90. The molecule has 3 aliphatic rings. The summed E-state index contributed by atoms with van der Waals surface area (Å²) in [4.78, 5) is 22.3. The Hall–Kier alpha value is -2.57. The van der Waals surface area contributed by atoms with Gasteiger partial charge in [-0.05, 0) is 37.1 Å². The van der Waals surface area contributed by atoms with Gasteiger partial charge in [0.1, 0.15) is 0 Å². The van der Waals surface area contributed by atoms with Crippen LogP contribution in [0.2, 0.25) is 0 Å². The van der Waals surface area contributed by atoms with Crippen LogP contribution in [0.15, 0.2) is 35.4 Å². The maximum Gasteiger partial charge on any atom is 0.175 e. The summed E-state index contributed by atoms with van der Waals surface area (Å²) in [5.74, 6) is 1.47. The van der Waals surface area contributed by atoms with Crippen molar-refractivity contribution in [2.75, 3.05) is 63.6 Å². The van der Waals surface area contributed by atoms with Crippen LogP contribution in [0.1, 0.15) is 17.7 Å². The number of H-pyrrole nitrogens is 1. The minimum Gasteiger partial charge on any atom is -0.378 e. The summed E-state index contributed by atoms with van der Waals surface area (Å²) >= 11 is 1.78. The molecule has 7 rings (SSSR count). The zero-order valence-corrected chi connectivity index (χ0v) is 23.2. The number of nitrogens with zero attached hydrogens (tertiary/aromatic N) is 5. The lowest BCUT2D eigenvalue weighted by Crippen LogP contribution is -2.46. The summed E-state index contributed by atoms with van der Waals surface area (Å²) in [6, 6.07) is 8.39. The Bertz CT molecular complexity index is 1600. The molecule has 2 aliphatic heterocycles. The van der Waals surface area contributed by atoms with Gasteiger partial charge in [-0.1, -0.05) is 0 Å². The first kappa shape index (κ1) is 24.5. The Labute approximate surface area is 226 Å². The predicted octanol–water partition coefficient (Wildman–Crippen LogP) is 3.36. The van der Waals surface area contributed by atoms with Crippen molar-refractivity contribution < 1.29 is 13.2 Å². The average Bonchev–Trinajstić information content (AvgIpc) is 3.51. The number of aromatic nitrogens is 3. The number of fused-ring (bicyclic) bond motifs is 2. The normalized spacial score (nSPS) is 20.1. The molecule has 2 saturated heterocycles. The number of hydrogen-bond acceptors (Lipinski definition) is 9. The van der Waals surface area contributed by atoms with Gasteiger partial charge in [-0.25, -0.2) is 18.4 Å². The van der Waals surface area contributed by atoms with Gasteiger partial charge in [0.05, 0.1) is 28.3 Å². The highest BCUT2D eigenvalue weighted by Gasteiger charge is 2.31. The number of benzene rings is 1. The second-order valence-electron chi connectivity index (χ2n) is 10.6. The minimum absolute atomic E-state index is 0.260. The van der Waals surface area contributed by atoms with E-state index in [0.29, 0.717) is 19.0 Å². The molecule has 4 aromatic rings. The summed E-state index contributed by atoms with van der Waals surface area (Å²) in [7, 11) is -3.40. The number of aromatic amines is 1. The van der Waals surface area contributed by atoms with Crippen LogP contribution in [0.3, 0.4) is 0 Å². The molecule has 1 N–H and O–H groups in total. The first-order valence-electron chi connectivity index (χ1n) is 13.3. The molecule has 0 amide bonds. The molecule has 0 bridgehead atoms. The fourth-order valence-electron chi connectivity index (χ4n) is 5.64. The van der Waals surface area contributed by atoms with Crippen molar-refractivity contribution in [1.29, 1.82) is 0 Å². The third kappa shape index (κ3) is 4.71. The number of hydrogen-bond donors (Lipinski definition) is 1. The molecule has 1 aromatic carbocycles. The van der Waals surface area contributed by atoms with Crippen molar-refractivity contribution in [3.8, 4) is 11.4 Å². The van der Waals surface area contributed by atoms with Gasteiger partial charge in [-0.2, -0.15) is 0 Å². The van der Waals surface area contributed by atoms with Gasteiger partial charge in [0.25, 0.3) is 0 Å². The molecule has 3 aromatic heterocycles. The molecule has 200 valence electrons. The first-order chi connectivity index (χ1) is 18.4. The van der Waals surface area contributed by atoms with Crippen LogP contribution in [0.25, 0.3) is 32.5 Å². The standard InChI is InChI=1S/C27H32N6O3S2/c1-38(34,35)20-15-22(21-4-5-28-23(21)16-20)26-29-24-14-19(17-31-6-8-32(9-7-31)18-2-3-18)37-25(24)27(30-26)33-10-12-36-13-11-33/h4-5,14-16,18,28H,2-3,6-13,17H2,1H3. The first-order valence-corrected chi connectivity index (χ1v) is 16.0. The maximum absolute atomic E-state index is 12.5. The summed E-state index contributed by atoms with van der Waals surface area (Å²) in [6.07, 6.45) is 5.79. The van der Waals surface area contributed by atoms with Crippen LogP contribution in [0.5, 0.6) is 0 Å². The summed E-state index contributed by atoms with van der Waals surface area (Å²) in [6.45, 7) is 8.29. The number of anilines is 1. The van der Waals surface area contributed by atoms with Crippen LogP contribution in [0, 0.1) is 0 Å². The molecule has 1 saturated carbocycles. The van der Waals surface area contributed by atoms with E-state index in [4.69, 9.17) is 14.7 Å². The Kier molecular flexibility index (Phi) is 6.16. The third-order valence-corrected chi connectivity index (χ3v) is 10.1. The lowest BCUT2D eigenvalue weighted by Gasteiger charge is -2.34. The zero-order chi connectivity index (χ0) is 25.9. The van der Waals surface area contributed by atoms with Crippen molar-refractivity contribution in [1.82, 2.24) is 24.8 Å². The Morgan fingerprint density at radius 2 is 1.84 bits per heavy atom. The van der Waals surface area contributed by atoms with E-state index >= 15 is 0 Å². The minimum atomic E-state index is -3.40. The largest absolute Gasteiger partial charge is 0.378 e. The molecule has 0 spiro atoms. The van der Waals surface area contributed by atoms with Gasteiger partial charge in [-0.3, -0.25) is 9.80 Å². The molecule has 0 atom stereocenters. The zero-order valence-electron chi connectivity index (χ0n) is 21.5. The second kappa shape index (κ2) is 9.56. The fraction of sp³-hybridized carbons (Fsp3) is 0.481. The van der Waals surface area contributed by atoms with E-state index in [1.165, 1.54) is 24.0 Å². The third-order valence-electron chi connectivity index (χ3n) is 7.88. The van der Waals surface area contributed by atoms with E-state index in [9.17, 15) is 8.42 Å². The maximum atomic E-state index is 12.5. The van der Waals surface area contributed by atoms with Gasteiger partial charge in [0.2, 0.25) is 0 Å². The average molecular weight is 553 g/mol. The van der Waals surface area contributed by atoms with Crippen molar-refractivity contribution in [2.45, 2.75) is 30.3 Å². The van der Waals surface area contributed by atoms with Crippen molar-refractivity contribution in [3.63, 3.8) is 0 Å². The van der Waals surface area contributed by atoms with Gasteiger partial charge in [-0.15, -0.1) is 11.3 Å². The lowest BCUT2D eigenvalue weighted by molar-refractivity contribution is 0.122. The van der Waals surface area contributed by atoms with E-state index in [-0.39, 0.29) is 4.90 Å². The van der Waals surface area contributed by atoms with E-state index in [1.807, 2.05) is 12.3 Å². The molecule has 0 unspecified atom stereocenters. The SMILES string of the molecule is CS(=O)(=O)c1cc(-c2nc(N3CCOCC3)c3sc(CN4CCN(C5CC5)CC4)cc3n2)c2cc[nH]c2c1. The molecule has 38 heavy (non-hydrogen) atoms. The Balaban J connectivity index is 1.29. The monoisotopic (exact) mass is 552 g/mol. The number of sulfone groups is 1. The van der Waals surface area contributed by atoms with Crippen LogP contribution < -0.4 is 4.90 Å². The molecule has 11 heteroatoms. The fourth-order valence-corrected chi connectivity index (χ4v) is 7.46. The van der Waals surface area contributed by atoms with Crippen molar-refractivity contribution in [2.24, 2.45) is 0 Å². The summed E-state index contributed by atoms with van der Waals surface area (Å²) in [5, 5.41) is 0.911. The quantitative estimate of drug-likeness (QED) is 0.389. The number of rotatable bonds is 6. The molecule has 5 heterocycles. The van der Waals surface area contributed by atoms with Crippen LogP contribution in [0.4, 0.5) is 5.82 Å². The lowest BCUT2D eigenvalue weighted by atomic mass is 10.1. The van der Waals surface area contributed by atoms with Crippen molar-refractivity contribution in [3.05, 3.63) is 35.3 Å². The van der Waals surface area contributed by atoms with Gasteiger partial charge < -0.3 is 14.6 Å². The van der Waals surface area contributed by atoms with E-state index in [1.54, 1.807) is 23.5 Å². The van der Waals surface area contributed by atoms with Gasteiger partial charge in [0.15, 0.2) is 21.5 Å². The van der Waals surface area contributed by atoms with Crippen LogP contribution in [-0.2, 0) is 21.1 Å². The Morgan fingerprint density at radius 3 is 2.58 bits per heavy atom. The number of piperazine rings is 1. The Morgan fingerprint density at radius 1 is 1.05 bits per heavy atom. The topological polar surface area (TPSA) is 94.7 Å². The smallest absolute Gasteiger partial charge is 0.175 e.